The molecule has 1 saturated heterocycles. The van der Waals surface area contributed by atoms with E-state index in [1.807, 2.05) is 0 Å². The molecule has 1 unspecified atom stereocenters. The number of hydrogen-bond acceptors (Lipinski definition) is 3. The Balaban J connectivity index is 2.38. The van der Waals surface area contributed by atoms with Crippen molar-refractivity contribution >= 4 is 27.9 Å². The highest BCUT2D eigenvalue weighted by molar-refractivity contribution is 7.89. The number of piperidine rings is 1. The van der Waals surface area contributed by atoms with Crippen molar-refractivity contribution in [3.05, 3.63) is 29.3 Å². The van der Waals surface area contributed by atoms with E-state index in [4.69, 9.17) is 11.6 Å². The van der Waals surface area contributed by atoms with Crippen LogP contribution in [0.1, 0.15) is 19.3 Å². The summed E-state index contributed by atoms with van der Waals surface area (Å²) in [4.78, 5) is 11.1. The lowest BCUT2D eigenvalue weighted by Crippen LogP contribution is -2.44. The molecule has 1 aliphatic heterocycles. The van der Waals surface area contributed by atoms with Crippen molar-refractivity contribution in [3.8, 4) is 0 Å². The SMILES string of the molecule is O=CC1CCCCN1S(=O)(=O)c1cccc(Cl)c1. The van der Waals surface area contributed by atoms with Crippen LogP contribution in [-0.2, 0) is 14.8 Å². The Labute approximate surface area is 112 Å². The molecule has 1 atom stereocenters. The molecule has 1 aromatic rings. The van der Waals surface area contributed by atoms with Crippen LogP contribution < -0.4 is 0 Å². The van der Waals surface area contributed by atoms with Gasteiger partial charge in [0.25, 0.3) is 0 Å². The Morgan fingerprint density at radius 3 is 2.78 bits per heavy atom. The Kier molecular flexibility index (Phi) is 4.04. The van der Waals surface area contributed by atoms with E-state index >= 15 is 0 Å². The van der Waals surface area contributed by atoms with Gasteiger partial charge in [-0.2, -0.15) is 4.31 Å². The lowest BCUT2D eigenvalue weighted by Gasteiger charge is -2.31. The number of aldehydes is 1. The summed E-state index contributed by atoms with van der Waals surface area (Å²) in [5, 5.41) is 0.371. The van der Waals surface area contributed by atoms with E-state index in [1.165, 1.54) is 16.4 Å². The van der Waals surface area contributed by atoms with E-state index < -0.39 is 16.1 Å². The first-order valence-corrected chi connectivity index (χ1v) is 7.60. The van der Waals surface area contributed by atoms with Crippen LogP contribution in [0.15, 0.2) is 29.2 Å². The number of nitrogens with zero attached hydrogens (tertiary/aromatic N) is 1. The van der Waals surface area contributed by atoms with Crippen LogP contribution in [0.5, 0.6) is 0 Å². The predicted octanol–water partition coefficient (Wildman–Crippen LogP) is 2.08. The van der Waals surface area contributed by atoms with Gasteiger partial charge in [-0.05, 0) is 31.0 Å². The highest BCUT2D eigenvalue weighted by Gasteiger charge is 2.33. The van der Waals surface area contributed by atoms with Crippen molar-refractivity contribution in [1.29, 1.82) is 0 Å². The fourth-order valence-corrected chi connectivity index (χ4v) is 4.06. The van der Waals surface area contributed by atoms with E-state index in [0.717, 1.165) is 12.8 Å². The van der Waals surface area contributed by atoms with Crippen LogP contribution in [0.4, 0.5) is 0 Å². The zero-order valence-corrected chi connectivity index (χ0v) is 11.3. The number of sulfonamides is 1. The van der Waals surface area contributed by atoms with Gasteiger partial charge < -0.3 is 4.79 Å². The van der Waals surface area contributed by atoms with Crippen LogP contribution in [0.3, 0.4) is 0 Å². The Morgan fingerprint density at radius 2 is 2.11 bits per heavy atom. The molecule has 98 valence electrons. The van der Waals surface area contributed by atoms with E-state index in [9.17, 15) is 13.2 Å². The molecule has 0 bridgehead atoms. The summed E-state index contributed by atoms with van der Waals surface area (Å²) < 4.78 is 26.1. The Hall–Kier alpha value is -0.910. The molecule has 1 aliphatic rings. The molecule has 0 amide bonds. The monoisotopic (exact) mass is 287 g/mol. The lowest BCUT2D eigenvalue weighted by molar-refractivity contribution is -0.111. The molecule has 0 aliphatic carbocycles. The minimum atomic E-state index is -3.63. The average molecular weight is 288 g/mol. The van der Waals surface area contributed by atoms with E-state index in [2.05, 4.69) is 0 Å². The molecule has 0 spiro atoms. The summed E-state index contributed by atoms with van der Waals surface area (Å²) in [5.41, 5.74) is 0. The standard InChI is InChI=1S/C12H14ClNO3S/c13-10-4-3-6-12(8-10)18(16,17)14-7-2-1-5-11(14)9-15/h3-4,6,8-9,11H,1-2,5,7H2. The number of hydrogen-bond donors (Lipinski definition) is 0. The normalized spacial score (nSPS) is 21.7. The van der Waals surface area contributed by atoms with Gasteiger partial charge >= 0.3 is 0 Å². The van der Waals surface area contributed by atoms with Crippen molar-refractivity contribution in [3.63, 3.8) is 0 Å². The summed E-state index contributed by atoms with van der Waals surface area (Å²) in [6.07, 6.45) is 2.96. The molecular formula is C12H14ClNO3S. The van der Waals surface area contributed by atoms with Crippen LogP contribution >= 0.6 is 11.6 Å². The number of halogens is 1. The zero-order chi connectivity index (χ0) is 13.2. The average Bonchev–Trinajstić information content (AvgIpc) is 2.38. The van der Waals surface area contributed by atoms with Crippen LogP contribution in [-0.4, -0.2) is 31.6 Å². The largest absolute Gasteiger partial charge is 0.302 e. The summed E-state index contributed by atoms with van der Waals surface area (Å²) in [6, 6.07) is 5.57. The number of rotatable bonds is 3. The second-order valence-corrected chi connectivity index (χ2v) is 6.60. The van der Waals surface area contributed by atoms with Crippen molar-refractivity contribution in [2.24, 2.45) is 0 Å². The lowest BCUT2D eigenvalue weighted by atomic mass is 10.1. The first kappa shape index (κ1) is 13.5. The summed E-state index contributed by atoms with van der Waals surface area (Å²) in [5.74, 6) is 0. The molecule has 6 heteroatoms. The third kappa shape index (κ3) is 2.58. The second-order valence-electron chi connectivity index (χ2n) is 4.27. The Bertz CT molecular complexity index is 544. The molecule has 0 aromatic heterocycles. The molecule has 0 saturated carbocycles. The van der Waals surface area contributed by atoms with Gasteiger partial charge in [0, 0.05) is 11.6 Å². The maximum absolute atomic E-state index is 12.4. The molecule has 1 aromatic carbocycles. The smallest absolute Gasteiger partial charge is 0.243 e. The van der Waals surface area contributed by atoms with Crippen molar-refractivity contribution in [2.45, 2.75) is 30.2 Å². The maximum Gasteiger partial charge on any atom is 0.243 e. The Morgan fingerprint density at radius 1 is 1.33 bits per heavy atom. The van der Waals surface area contributed by atoms with Gasteiger partial charge in [-0.15, -0.1) is 0 Å². The molecule has 0 N–H and O–H groups in total. The van der Waals surface area contributed by atoms with Gasteiger partial charge in [-0.3, -0.25) is 0 Å². The molecule has 1 heterocycles. The summed E-state index contributed by atoms with van der Waals surface area (Å²) >= 11 is 5.81. The summed E-state index contributed by atoms with van der Waals surface area (Å²) in [6.45, 7) is 0.387. The third-order valence-corrected chi connectivity index (χ3v) is 5.21. The maximum atomic E-state index is 12.4. The van der Waals surface area contributed by atoms with E-state index in [0.29, 0.717) is 24.3 Å². The number of benzene rings is 1. The first-order chi connectivity index (χ1) is 8.55. The quantitative estimate of drug-likeness (QED) is 0.800. The predicted molar refractivity (Wildman–Crippen MR) is 69.0 cm³/mol. The fraction of sp³-hybridized carbons (Fsp3) is 0.417. The van der Waals surface area contributed by atoms with Gasteiger partial charge in [0.15, 0.2) is 0 Å². The molecule has 2 rings (SSSR count). The topological polar surface area (TPSA) is 54.5 Å². The second kappa shape index (κ2) is 5.38. The van der Waals surface area contributed by atoms with Crippen molar-refractivity contribution in [1.82, 2.24) is 4.31 Å². The number of carbonyl (C=O) groups excluding carboxylic acids is 1. The molecule has 1 fully saturated rings. The van der Waals surface area contributed by atoms with Crippen molar-refractivity contribution in [2.75, 3.05) is 6.54 Å². The van der Waals surface area contributed by atoms with E-state index in [1.54, 1.807) is 12.1 Å². The molecule has 0 radical (unpaired) electrons. The minimum Gasteiger partial charge on any atom is -0.302 e. The van der Waals surface area contributed by atoms with Gasteiger partial charge in [-0.1, -0.05) is 24.1 Å². The number of carbonyl (C=O) groups is 1. The fourth-order valence-electron chi connectivity index (χ4n) is 2.13. The highest BCUT2D eigenvalue weighted by atomic mass is 35.5. The molecular weight excluding hydrogens is 274 g/mol. The van der Waals surface area contributed by atoms with Crippen LogP contribution in [0.2, 0.25) is 5.02 Å². The molecule has 18 heavy (non-hydrogen) atoms. The summed E-state index contributed by atoms with van der Waals surface area (Å²) in [7, 11) is -3.63. The zero-order valence-electron chi connectivity index (χ0n) is 9.75. The van der Waals surface area contributed by atoms with Crippen molar-refractivity contribution < 1.29 is 13.2 Å². The van der Waals surface area contributed by atoms with Gasteiger partial charge in [-0.25, -0.2) is 8.42 Å². The van der Waals surface area contributed by atoms with Gasteiger partial charge in [0.1, 0.15) is 6.29 Å². The van der Waals surface area contributed by atoms with E-state index in [-0.39, 0.29) is 4.90 Å². The van der Waals surface area contributed by atoms with Crippen LogP contribution in [0, 0.1) is 0 Å². The minimum absolute atomic E-state index is 0.142. The third-order valence-electron chi connectivity index (χ3n) is 3.06. The van der Waals surface area contributed by atoms with Gasteiger partial charge in [0.05, 0.1) is 10.9 Å². The first-order valence-electron chi connectivity index (χ1n) is 5.78. The van der Waals surface area contributed by atoms with Gasteiger partial charge in [0.2, 0.25) is 10.0 Å². The highest BCUT2D eigenvalue weighted by Crippen LogP contribution is 2.25. The van der Waals surface area contributed by atoms with Crippen LogP contribution in [0.25, 0.3) is 0 Å². The molecule has 4 nitrogen and oxygen atoms in total.